The SMILES string of the molecule is CCc1cccc(C(=O)c2cccc(CC)c2C2CCCCC2)c1C1CCCCC1. The molecule has 0 amide bonds. The van der Waals surface area contributed by atoms with Gasteiger partial charge in [-0.2, -0.15) is 0 Å². The van der Waals surface area contributed by atoms with Gasteiger partial charge in [0.2, 0.25) is 0 Å². The molecule has 1 heteroatoms. The molecule has 2 aromatic carbocycles. The van der Waals surface area contributed by atoms with Crippen LogP contribution in [0.1, 0.15) is 128 Å². The number of benzene rings is 2. The van der Waals surface area contributed by atoms with E-state index in [1.165, 1.54) is 86.5 Å². The van der Waals surface area contributed by atoms with Gasteiger partial charge in [-0.1, -0.05) is 88.8 Å². The van der Waals surface area contributed by atoms with E-state index in [0.29, 0.717) is 11.8 Å². The van der Waals surface area contributed by atoms with Crippen LogP contribution in [0.5, 0.6) is 0 Å². The van der Waals surface area contributed by atoms with E-state index < -0.39 is 0 Å². The minimum absolute atomic E-state index is 0.279. The Balaban J connectivity index is 1.80. The van der Waals surface area contributed by atoms with Crippen LogP contribution in [-0.2, 0) is 12.8 Å². The van der Waals surface area contributed by atoms with E-state index in [2.05, 4.69) is 50.2 Å². The molecule has 2 fully saturated rings. The summed E-state index contributed by atoms with van der Waals surface area (Å²) in [5.41, 5.74) is 7.51. The van der Waals surface area contributed by atoms with Crippen molar-refractivity contribution in [3.63, 3.8) is 0 Å². The lowest BCUT2D eigenvalue weighted by atomic mass is 9.75. The van der Waals surface area contributed by atoms with Crippen LogP contribution in [0.15, 0.2) is 36.4 Å². The third-order valence-corrected chi connectivity index (χ3v) is 7.67. The summed E-state index contributed by atoms with van der Waals surface area (Å²) in [6.07, 6.45) is 14.9. The first-order valence-corrected chi connectivity index (χ1v) is 12.5. The Bertz CT molecular complexity index is 794. The second-order valence-corrected chi connectivity index (χ2v) is 9.46. The molecule has 0 radical (unpaired) electrons. The fraction of sp³-hybridized carbons (Fsp3) is 0.552. The molecule has 30 heavy (non-hydrogen) atoms. The molecule has 2 aliphatic carbocycles. The monoisotopic (exact) mass is 402 g/mol. The molecule has 0 unspecified atom stereocenters. The smallest absolute Gasteiger partial charge is 0.193 e. The minimum atomic E-state index is 0.279. The van der Waals surface area contributed by atoms with Crippen molar-refractivity contribution in [1.82, 2.24) is 0 Å². The van der Waals surface area contributed by atoms with E-state index in [4.69, 9.17) is 0 Å². The van der Waals surface area contributed by atoms with Crippen molar-refractivity contribution < 1.29 is 4.79 Å². The largest absolute Gasteiger partial charge is 0.289 e. The summed E-state index contributed by atoms with van der Waals surface area (Å²) in [7, 11) is 0. The number of hydrogen-bond donors (Lipinski definition) is 0. The van der Waals surface area contributed by atoms with Crippen LogP contribution in [-0.4, -0.2) is 5.78 Å². The van der Waals surface area contributed by atoms with Crippen LogP contribution in [0.3, 0.4) is 0 Å². The summed E-state index contributed by atoms with van der Waals surface area (Å²) in [5.74, 6) is 1.39. The molecule has 0 atom stereocenters. The van der Waals surface area contributed by atoms with E-state index >= 15 is 0 Å². The van der Waals surface area contributed by atoms with Crippen molar-refractivity contribution in [2.45, 2.75) is 103 Å². The minimum Gasteiger partial charge on any atom is -0.289 e. The molecule has 0 aliphatic heterocycles. The molecule has 0 aromatic heterocycles. The molecule has 0 N–H and O–H groups in total. The average molecular weight is 403 g/mol. The number of carbonyl (C=O) groups is 1. The van der Waals surface area contributed by atoms with Crippen molar-refractivity contribution in [2.24, 2.45) is 0 Å². The van der Waals surface area contributed by atoms with Crippen LogP contribution in [0.2, 0.25) is 0 Å². The van der Waals surface area contributed by atoms with Gasteiger partial charge < -0.3 is 0 Å². The van der Waals surface area contributed by atoms with Gasteiger partial charge in [0.05, 0.1) is 0 Å². The first-order valence-electron chi connectivity index (χ1n) is 12.5. The molecule has 1 nitrogen and oxygen atoms in total. The maximum Gasteiger partial charge on any atom is 0.193 e. The Labute approximate surface area is 183 Å². The van der Waals surface area contributed by atoms with Gasteiger partial charge >= 0.3 is 0 Å². The van der Waals surface area contributed by atoms with Gasteiger partial charge in [0, 0.05) is 11.1 Å². The fourth-order valence-electron chi connectivity index (χ4n) is 6.13. The van der Waals surface area contributed by atoms with Crippen molar-refractivity contribution in [3.05, 3.63) is 69.8 Å². The summed E-state index contributed by atoms with van der Waals surface area (Å²) >= 11 is 0. The van der Waals surface area contributed by atoms with Crippen LogP contribution in [0.4, 0.5) is 0 Å². The van der Waals surface area contributed by atoms with E-state index in [1.807, 2.05) is 0 Å². The first kappa shape index (κ1) is 21.3. The van der Waals surface area contributed by atoms with E-state index in [9.17, 15) is 4.79 Å². The van der Waals surface area contributed by atoms with E-state index in [0.717, 1.165) is 24.0 Å². The van der Waals surface area contributed by atoms with Crippen LogP contribution < -0.4 is 0 Å². The Kier molecular flexibility index (Phi) is 7.08. The summed E-state index contributed by atoms with van der Waals surface area (Å²) in [6, 6.07) is 13.0. The summed E-state index contributed by atoms with van der Waals surface area (Å²) in [4.78, 5) is 14.1. The summed E-state index contributed by atoms with van der Waals surface area (Å²) < 4.78 is 0. The maximum absolute atomic E-state index is 14.1. The third-order valence-electron chi connectivity index (χ3n) is 7.67. The molecule has 2 saturated carbocycles. The van der Waals surface area contributed by atoms with Crippen LogP contribution >= 0.6 is 0 Å². The Morgan fingerprint density at radius 1 is 0.667 bits per heavy atom. The Hall–Kier alpha value is -1.89. The van der Waals surface area contributed by atoms with E-state index in [1.54, 1.807) is 0 Å². The molecule has 0 saturated heterocycles. The standard InChI is InChI=1S/C29H38O/c1-3-21-17-11-19-25(27(21)23-13-7-5-8-14-23)29(30)26-20-12-18-22(4-2)28(26)24-15-9-6-10-16-24/h11-12,17-20,23-24H,3-10,13-16H2,1-2H3. The van der Waals surface area contributed by atoms with Gasteiger partial charge in [0.1, 0.15) is 0 Å². The van der Waals surface area contributed by atoms with Gasteiger partial charge in [-0.05, 0) is 72.6 Å². The van der Waals surface area contributed by atoms with Crippen molar-refractivity contribution >= 4 is 5.78 Å². The highest BCUT2D eigenvalue weighted by molar-refractivity contribution is 6.11. The highest BCUT2D eigenvalue weighted by atomic mass is 16.1. The number of carbonyl (C=O) groups excluding carboxylic acids is 1. The maximum atomic E-state index is 14.1. The lowest BCUT2D eigenvalue weighted by molar-refractivity contribution is 0.103. The van der Waals surface area contributed by atoms with E-state index in [-0.39, 0.29) is 5.78 Å². The van der Waals surface area contributed by atoms with Gasteiger partial charge in [0.25, 0.3) is 0 Å². The third kappa shape index (κ3) is 4.27. The zero-order valence-corrected chi connectivity index (χ0v) is 19.0. The lowest BCUT2D eigenvalue weighted by Gasteiger charge is -2.28. The van der Waals surface area contributed by atoms with Gasteiger partial charge in [-0.15, -0.1) is 0 Å². The van der Waals surface area contributed by atoms with Gasteiger partial charge in [0.15, 0.2) is 5.78 Å². The predicted octanol–water partition coefficient (Wildman–Crippen LogP) is 8.14. The van der Waals surface area contributed by atoms with Crippen LogP contribution in [0.25, 0.3) is 0 Å². The molecule has 2 aromatic rings. The zero-order valence-electron chi connectivity index (χ0n) is 19.0. The van der Waals surface area contributed by atoms with Crippen molar-refractivity contribution in [1.29, 1.82) is 0 Å². The molecule has 160 valence electrons. The first-order chi connectivity index (χ1) is 14.7. The molecular weight excluding hydrogens is 364 g/mol. The normalized spacial score (nSPS) is 18.5. The molecule has 2 aliphatic rings. The van der Waals surface area contributed by atoms with Crippen molar-refractivity contribution in [2.75, 3.05) is 0 Å². The molecular formula is C29H38O. The quantitative estimate of drug-likeness (QED) is 0.446. The van der Waals surface area contributed by atoms with Crippen LogP contribution in [0, 0.1) is 0 Å². The second kappa shape index (κ2) is 9.94. The Morgan fingerprint density at radius 2 is 1.07 bits per heavy atom. The summed E-state index contributed by atoms with van der Waals surface area (Å²) in [5, 5.41) is 0. The summed E-state index contributed by atoms with van der Waals surface area (Å²) in [6.45, 7) is 4.47. The molecule has 0 bridgehead atoms. The molecule has 0 spiro atoms. The average Bonchev–Trinajstić information content (AvgIpc) is 2.83. The highest BCUT2D eigenvalue weighted by Gasteiger charge is 2.28. The van der Waals surface area contributed by atoms with Gasteiger partial charge in [-0.3, -0.25) is 4.79 Å². The lowest BCUT2D eigenvalue weighted by Crippen LogP contribution is -2.18. The topological polar surface area (TPSA) is 17.1 Å². The number of aryl methyl sites for hydroxylation is 2. The second-order valence-electron chi connectivity index (χ2n) is 9.46. The Morgan fingerprint density at radius 3 is 1.43 bits per heavy atom. The number of ketones is 1. The van der Waals surface area contributed by atoms with Crippen molar-refractivity contribution in [3.8, 4) is 0 Å². The highest BCUT2D eigenvalue weighted by Crippen LogP contribution is 2.40. The van der Waals surface area contributed by atoms with Gasteiger partial charge in [-0.25, -0.2) is 0 Å². The number of hydrogen-bond acceptors (Lipinski definition) is 1. The molecule has 0 heterocycles. The number of rotatable bonds is 6. The molecule has 4 rings (SSSR count). The zero-order chi connectivity index (χ0) is 20.9. The fourth-order valence-corrected chi connectivity index (χ4v) is 6.13. The predicted molar refractivity (Wildman–Crippen MR) is 127 cm³/mol.